The predicted octanol–water partition coefficient (Wildman–Crippen LogP) is 1.47. The SMILES string of the molecule is Cc1[nH]c2ccccc2c1CCNC(=O)[C@@H]1CC=CC[C@H]1C(=O)[O-]. The number of fused-ring (bicyclic) bond motifs is 1. The van der Waals surface area contributed by atoms with Crippen LogP contribution >= 0.6 is 0 Å². The first-order valence-corrected chi connectivity index (χ1v) is 8.27. The molecule has 5 nitrogen and oxygen atoms in total. The predicted molar refractivity (Wildman–Crippen MR) is 90.1 cm³/mol. The van der Waals surface area contributed by atoms with Crippen molar-refractivity contribution in [3.8, 4) is 0 Å². The van der Waals surface area contributed by atoms with Crippen LogP contribution < -0.4 is 10.4 Å². The van der Waals surface area contributed by atoms with E-state index in [1.165, 1.54) is 5.56 Å². The van der Waals surface area contributed by atoms with Crippen molar-refractivity contribution in [1.82, 2.24) is 10.3 Å². The Morgan fingerprint density at radius 2 is 1.92 bits per heavy atom. The molecule has 1 aliphatic rings. The van der Waals surface area contributed by atoms with Crippen molar-refractivity contribution in [3.05, 3.63) is 47.7 Å². The number of aromatic nitrogens is 1. The molecule has 1 aliphatic carbocycles. The van der Waals surface area contributed by atoms with Crippen LogP contribution in [0.1, 0.15) is 24.1 Å². The lowest BCUT2D eigenvalue weighted by Crippen LogP contribution is -2.44. The van der Waals surface area contributed by atoms with Crippen molar-refractivity contribution in [2.24, 2.45) is 11.8 Å². The van der Waals surface area contributed by atoms with Crippen LogP contribution in [0, 0.1) is 18.8 Å². The molecule has 0 fully saturated rings. The number of hydrogen-bond donors (Lipinski definition) is 2. The first-order chi connectivity index (χ1) is 11.6. The van der Waals surface area contributed by atoms with Crippen LogP contribution in [0.5, 0.6) is 0 Å². The number of rotatable bonds is 5. The Morgan fingerprint density at radius 3 is 2.67 bits per heavy atom. The van der Waals surface area contributed by atoms with Gasteiger partial charge in [0.1, 0.15) is 0 Å². The molecule has 24 heavy (non-hydrogen) atoms. The summed E-state index contributed by atoms with van der Waals surface area (Å²) in [5.74, 6) is -2.62. The van der Waals surface area contributed by atoms with Gasteiger partial charge in [-0.05, 0) is 37.8 Å². The van der Waals surface area contributed by atoms with E-state index in [1.54, 1.807) is 6.08 Å². The Hall–Kier alpha value is -2.56. The molecule has 0 aliphatic heterocycles. The maximum Gasteiger partial charge on any atom is 0.224 e. The molecule has 0 bridgehead atoms. The van der Waals surface area contributed by atoms with Gasteiger partial charge in [0.15, 0.2) is 0 Å². The first kappa shape index (κ1) is 16.3. The molecular weight excluding hydrogens is 304 g/mol. The fourth-order valence-electron chi connectivity index (χ4n) is 3.46. The highest BCUT2D eigenvalue weighted by atomic mass is 16.4. The van der Waals surface area contributed by atoms with E-state index in [4.69, 9.17) is 0 Å². The lowest BCUT2D eigenvalue weighted by Gasteiger charge is -2.28. The summed E-state index contributed by atoms with van der Waals surface area (Å²) in [6.45, 7) is 2.51. The lowest BCUT2D eigenvalue weighted by molar-refractivity contribution is -0.313. The third-order valence-corrected chi connectivity index (χ3v) is 4.77. The van der Waals surface area contributed by atoms with Crippen molar-refractivity contribution in [2.45, 2.75) is 26.2 Å². The zero-order chi connectivity index (χ0) is 17.1. The van der Waals surface area contributed by atoms with Gasteiger partial charge in [-0.15, -0.1) is 0 Å². The quantitative estimate of drug-likeness (QED) is 0.816. The minimum Gasteiger partial charge on any atom is -0.550 e. The van der Waals surface area contributed by atoms with Crippen LogP contribution in [0.4, 0.5) is 0 Å². The van der Waals surface area contributed by atoms with Gasteiger partial charge in [-0.1, -0.05) is 30.4 Å². The van der Waals surface area contributed by atoms with E-state index in [1.807, 2.05) is 31.2 Å². The largest absolute Gasteiger partial charge is 0.550 e. The highest BCUT2D eigenvalue weighted by molar-refractivity contribution is 5.86. The Kier molecular flexibility index (Phi) is 4.69. The molecule has 1 amide bonds. The summed E-state index contributed by atoms with van der Waals surface area (Å²) in [7, 11) is 0. The number of benzene rings is 1. The van der Waals surface area contributed by atoms with Crippen molar-refractivity contribution < 1.29 is 14.7 Å². The maximum atomic E-state index is 12.3. The van der Waals surface area contributed by atoms with Crippen LogP contribution in [0.25, 0.3) is 10.9 Å². The van der Waals surface area contributed by atoms with Gasteiger partial charge in [-0.3, -0.25) is 4.79 Å². The van der Waals surface area contributed by atoms with E-state index in [0.29, 0.717) is 25.8 Å². The third kappa shape index (κ3) is 3.20. The van der Waals surface area contributed by atoms with Crippen LogP contribution in [0.2, 0.25) is 0 Å². The van der Waals surface area contributed by atoms with Crippen LogP contribution in [0.15, 0.2) is 36.4 Å². The van der Waals surface area contributed by atoms with Crippen LogP contribution in [-0.4, -0.2) is 23.4 Å². The number of amides is 1. The average Bonchev–Trinajstić information content (AvgIpc) is 2.90. The van der Waals surface area contributed by atoms with Gasteiger partial charge in [-0.2, -0.15) is 0 Å². The summed E-state index contributed by atoms with van der Waals surface area (Å²) in [6, 6.07) is 8.08. The zero-order valence-electron chi connectivity index (χ0n) is 13.7. The van der Waals surface area contributed by atoms with Gasteiger partial charge in [-0.25, -0.2) is 0 Å². The molecule has 1 heterocycles. The van der Waals surface area contributed by atoms with Crippen molar-refractivity contribution >= 4 is 22.8 Å². The molecule has 0 saturated heterocycles. The zero-order valence-corrected chi connectivity index (χ0v) is 13.7. The smallest absolute Gasteiger partial charge is 0.224 e. The van der Waals surface area contributed by atoms with E-state index < -0.39 is 17.8 Å². The second-order valence-electron chi connectivity index (χ2n) is 6.29. The monoisotopic (exact) mass is 325 g/mol. The molecule has 3 rings (SSSR count). The van der Waals surface area contributed by atoms with E-state index in [9.17, 15) is 14.7 Å². The minimum atomic E-state index is -1.15. The molecule has 1 aromatic carbocycles. The Balaban J connectivity index is 1.63. The van der Waals surface area contributed by atoms with Gasteiger partial charge in [0.2, 0.25) is 5.91 Å². The number of carboxylic acid groups (broad SMARTS) is 1. The topological polar surface area (TPSA) is 85.0 Å². The summed E-state index contributed by atoms with van der Waals surface area (Å²) >= 11 is 0. The third-order valence-electron chi connectivity index (χ3n) is 4.77. The number of hydrogen-bond acceptors (Lipinski definition) is 3. The normalized spacial score (nSPS) is 20.2. The molecule has 0 saturated carbocycles. The van der Waals surface area contributed by atoms with Crippen LogP contribution in [-0.2, 0) is 16.0 Å². The Bertz CT molecular complexity index is 791. The number of aromatic amines is 1. The summed E-state index contributed by atoms with van der Waals surface area (Å²) in [5, 5.41) is 15.2. The molecule has 0 radical (unpaired) electrons. The molecule has 2 N–H and O–H groups in total. The first-order valence-electron chi connectivity index (χ1n) is 8.27. The molecule has 0 unspecified atom stereocenters. The highest BCUT2D eigenvalue weighted by Gasteiger charge is 2.29. The molecule has 1 aromatic heterocycles. The number of para-hydroxylation sites is 1. The van der Waals surface area contributed by atoms with Crippen LogP contribution in [0.3, 0.4) is 0 Å². The molecule has 2 atom stereocenters. The standard InChI is InChI=1S/C19H22N2O3/c1-12-13(14-6-4-5-9-17(14)21-12)10-11-20-18(22)15-7-2-3-8-16(15)19(23)24/h2-6,9,15-16,21H,7-8,10-11H2,1H3,(H,20,22)(H,23,24)/p-1/t15-,16-/m1/s1. The Labute approximate surface area is 140 Å². The molecule has 2 aromatic rings. The Morgan fingerprint density at radius 1 is 1.21 bits per heavy atom. The number of carbonyl (C=O) groups is 2. The number of nitrogens with one attached hydrogen (secondary N) is 2. The van der Waals surface area contributed by atoms with Gasteiger partial charge in [0, 0.05) is 40.9 Å². The van der Waals surface area contributed by atoms with Crippen molar-refractivity contribution in [2.75, 3.05) is 6.54 Å². The van der Waals surface area contributed by atoms with Gasteiger partial charge in [0.05, 0.1) is 0 Å². The van der Waals surface area contributed by atoms with E-state index >= 15 is 0 Å². The molecular formula is C19H21N2O3-. The van der Waals surface area contributed by atoms with E-state index in [2.05, 4.69) is 16.4 Å². The number of aliphatic carboxylic acids is 1. The van der Waals surface area contributed by atoms with Crippen molar-refractivity contribution in [1.29, 1.82) is 0 Å². The fourth-order valence-corrected chi connectivity index (χ4v) is 3.46. The summed E-state index contributed by atoms with van der Waals surface area (Å²) in [4.78, 5) is 26.9. The van der Waals surface area contributed by atoms with E-state index in [-0.39, 0.29) is 5.91 Å². The molecule has 5 heteroatoms. The summed E-state index contributed by atoms with van der Waals surface area (Å²) in [5.41, 5.74) is 3.37. The highest BCUT2D eigenvalue weighted by Crippen LogP contribution is 2.26. The van der Waals surface area contributed by atoms with Gasteiger partial charge < -0.3 is 20.2 Å². The number of carbonyl (C=O) groups excluding carboxylic acids is 2. The van der Waals surface area contributed by atoms with Gasteiger partial charge >= 0.3 is 0 Å². The summed E-state index contributed by atoms with van der Waals surface area (Å²) in [6.07, 6.45) is 5.20. The molecule has 0 spiro atoms. The second kappa shape index (κ2) is 6.91. The van der Waals surface area contributed by atoms with E-state index in [0.717, 1.165) is 16.6 Å². The lowest BCUT2D eigenvalue weighted by atomic mass is 9.82. The number of H-pyrrole nitrogens is 1. The maximum absolute atomic E-state index is 12.3. The number of allylic oxidation sites excluding steroid dienone is 2. The number of aryl methyl sites for hydroxylation is 1. The fraction of sp³-hybridized carbons (Fsp3) is 0.368. The van der Waals surface area contributed by atoms with Crippen molar-refractivity contribution in [3.63, 3.8) is 0 Å². The molecule has 126 valence electrons. The van der Waals surface area contributed by atoms with Gasteiger partial charge in [0.25, 0.3) is 0 Å². The minimum absolute atomic E-state index is 0.203. The summed E-state index contributed by atoms with van der Waals surface area (Å²) < 4.78 is 0. The number of carboxylic acids is 1. The average molecular weight is 325 g/mol. The second-order valence-corrected chi connectivity index (χ2v) is 6.29.